The van der Waals surface area contributed by atoms with Gasteiger partial charge >= 0.3 is 6.18 Å². The van der Waals surface area contributed by atoms with Crippen LogP contribution >= 0.6 is 11.6 Å². The first kappa shape index (κ1) is 81.7. The zero-order chi connectivity index (χ0) is 74.4. The predicted octanol–water partition coefficient (Wildman–Crippen LogP) is 6.22. The molecule has 1 spiro atoms. The van der Waals surface area contributed by atoms with Gasteiger partial charge in [-0.05, 0) is 138 Å². The van der Waals surface area contributed by atoms with E-state index in [-0.39, 0.29) is 88.0 Å². The third kappa shape index (κ3) is 21.3. The molecule has 1 aromatic carbocycles. The van der Waals surface area contributed by atoms with Gasteiger partial charge in [0, 0.05) is 68.3 Å². The van der Waals surface area contributed by atoms with Gasteiger partial charge in [0.15, 0.2) is 0 Å². The SMILES string of the molecule is CC(C)C[C@@H]1NC(=O)[C@H](CC(C)C)N(C)C(O)C[C@@H](C(=O)N2CCCCC2)N(C)C(=O)[C@H](C2CCCCC2)N(C)C(=O)C2(CCCC2)NC(=O)[C@@H]2CCCN2C(=O)[C@H](CCc2ccc(C(F)(F)F)c(Cl)c2)NC(=O)CN(C)C(=O)[C@H](CC2CCCCC2)N(C)C(=O)CN(C)C(=O)CN(C)C1=O. The van der Waals surface area contributed by atoms with Crippen molar-refractivity contribution >= 4 is 76.6 Å². The lowest BCUT2D eigenvalue weighted by atomic mass is 9.81. The number of hydrogen-bond donors (Lipinski definition) is 4. The van der Waals surface area contributed by atoms with Crippen LogP contribution in [0.25, 0.3) is 0 Å². The molecule has 0 bridgehead atoms. The molecule has 6 aliphatic rings. The highest BCUT2D eigenvalue weighted by Gasteiger charge is 2.51. The van der Waals surface area contributed by atoms with Crippen LogP contribution in [0.3, 0.4) is 0 Å². The molecule has 7 rings (SSSR count). The van der Waals surface area contributed by atoms with Crippen molar-refractivity contribution in [1.29, 1.82) is 0 Å². The van der Waals surface area contributed by atoms with Gasteiger partial charge in [-0.25, -0.2) is 0 Å². The standard InChI is InChI=1S/C73H114ClF3N12O12/c1-46(2)38-54-66(96)83(7)44-61(92)81(5)45-62(93)85(9)57(41-48-24-15-12-16-25-48)68(98)82(6)43-59(90)78-53(32-30-49-29-31-51(52(74)40-49)73(75,76)77)67(97)89-37-23-28-55(89)65(95)80-72(33-19-20-34-72)71(101)87(11)63(50-26-17-13-18-27-50)70(100)86(10)58(69(99)88-35-21-14-22-36-88)42-60(91)84(8)56(39-47(3)4)64(94)79-54/h29,31,40,46-48,50,53-58,60,63,91H,12-28,30,32-39,41-45H2,1-11H3,(H,78,90)(H,79,94)(H,80,95)/t53-,54-,55-,56-,57-,58-,60?,63-/m0/s1. The second-order valence-corrected chi connectivity index (χ2v) is 31.1. The summed E-state index contributed by atoms with van der Waals surface area (Å²) < 4.78 is 41.7. The van der Waals surface area contributed by atoms with Crippen molar-refractivity contribution in [2.24, 2.45) is 23.7 Å². The maximum atomic E-state index is 15.8. The van der Waals surface area contributed by atoms with Crippen molar-refractivity contribution in [2.75, 3.05) is 88.6 Å². The fraction of sp³-hybridized carbons (Fsp3) is 0.767. The molecule has 3 heterocycles. The number of amides is 11. The van der Waals surface area contributed by atoms with Crippen molar-refractivity contribution in [3.63, 3.8) is 0 Å². The van der Waals surface area contributed by atoms with Crippen LogP contribution in [0.2, 0.25) is 5.02 Å². The van der Waals surface area contributed by atoms with E-state index in [0.29, 0.717) is 63.6 Å². The number of halogens is 4. The molecule has 6 fully saturated rings. The molecule has 28 heteroatoms. The van der Waals surface area contributed by atoms with Gasteiger partial charge in [0.05, 0.1) is 36.3 Å². The number of likely N-dealkylation sites (tertiary alicyclic amines) is 1. The van der Waals surface area contributed by atoms with Crippen LogP contribution in [0.4, 0.5) is 13.2 Å². The van der Waals surface area contributed by atoms with Gasteiger partial charge in [0.2, 0.25) is 65.0 Å². The summed E-state index contributed by atoms with van der Waals surface area (Å²) in [5.41, 5.74) is -2.31. The summed E-state index contributed by atoms with van der Waals surface area (Å²) in [5, 5.41) is 20.8. The van der Waals surface area contributed by atoms with Gasteiger partial charge in [0.25, 0.3) is 0 Å². The Kier molecular flexibility index (Phi) is 29.7. The van der Waals surface area contributed by atoms with Crippen LogP contribution < -0.4 is 16.0 Å². The zero-order valence-electron chi connectivity index (χ0n) is 61.6. The van der Waals surface area contributed by atoms with E-state index in [2.05, 4.69) is 16.0 Å². The number of aliphatic hydroxyl groups is 1. The zero-order valence-corrected chi connectivity index (χ0v) is 62.3. The number of aryl methyl sites for hydroxylation is 1. The van der Waals surface area contributed by atoms with Crippen LogP contribution in [-0.2, 0) is 65.3 Å². The maximum absolute atomic E-state index is 15.8. The lowest BCUT2D eigenvalue weighted by molar-refractivity contribution is -0.157. The highest BCUT2D eigenvalue weighted by Crippen LogP contribution is 2.39. The number of carbonyl (C=O) groups excluding carboxylic acids is 11. The number of benzene rings is 1. The topological polar surface area (TPSA) is 273 Å². The fourth-order valence-corrected chi connectivity index (χ4v) is 16.4. The first-order chi connectivity index (χ1) is 47.6. The van der Waals surface area contributed by atoms with E-state index in [9.17, 15) is 47.0 Å². The van der Waals surface area contributed by atoms with Crippen LogP contribution in [0, 0.1) is 23.7 Å². The third-order valence-electron chi connectivity index (χ3n) is 22.1. The summed E-state index contributed by atoms with van der Waals surface area (Å²) in [6.07, 6.45) is 5.83. The van der Waals surface area contributed by atoms with E-state index in [0.717, 1.165) is 79.7 Å². The number of piperidine rings is 1. The predicted molar refractivity (Wildman–Crippen MR) is 375 cm³/mol. The van der Waals surface area contributed by atoms with Crippen molar-refractivity contribution < 1.29 is 71.0 Å². The summed E-state index contributed by atoms with van der Waals surface area (Å²) >= 11 is 6.17. The molecule has 8 atom stereocenters. The van der Waals surface area contributed by atoms with Gasteiger partial charge in [-0.2, -0.15) is 13.2 Å². The Balaban J connectivity index is 1.29. The second-order valence-electron chi connectivity index (χ2n) is 30.7. The molecule has 24 nitrogen and oxygen atoms in total. The summed E-state index contributed by atoms with van der Waals surface area (Å²) in [4.78, 5) is 176. The molecule has 566 valence electrons. The van der Waals surface area contributed by atoms with Crippen LogP contribution in [-0.4, -0.2) is 257 Å². The van der Waals surface area contributed by atoms with Gasteiger partial charge in [-0.3, -0.25) is 57.6 Å². The van der Waals surface area contributed by atoms with E-state index in [1.165, 1.54) is 70.7 Å². The number of aliphatic hydroxyl groups excluding tert-OH is 1. The summed E-state index contributed by atoms with van der Waals surface area (Å²) in [6, 6.07) is -5.21. The van der Waals surface area contributed by atoms with Crippen molar-refractivity contribution in [1.82, 2.24) is 60.0 Å². The average Bonchev–Trinajstić information content (AvgIpc) is 1.77. The van der Waals surface area contributed by atoms with E-state index in [1.54, 1.807) is 19.0 Å². The van der Waals surface area contributed by atoms with E-state index in [1.807, 2.05) is 27.7 Å². The van der Waals surface area contributed by atoms with E-state index >= 15 is 24.0 Å². The molecule has 4 N–H and O–H groups in total. The molecule has 3 saturated carbocycles. The molecule has 101 heavy (non-hydrogen) atoms. The first-order valence-electron chi connectivity index (χ1n) is 36.9. The molecular formula is C73H114ClF3N12O12. The number of nitrogens with zero attached hydrogens (tertiary/aromatic N) is 9. The number of alkyl halides is 3. The van der Waals surface area contributed by atoms with Gasteiger partial charge in [-0.15, -0.1) is 0 Å². The molecular weight excluding hydrogens is 1330 g/mol. The molecule has 0 radical (unpaired) electrons. The normalized spacial score (nSPS) is 27.4. The van der Waals surface area contributed by atoms with Crippen molar-refractivity contribution in [3.8, 4) is 0 Å². The monoisotopic (exact) mass is 1440 g/mol. The molecule has 0 aromatic heterocycles. The minimum Gasteiger partial charge on any atom is -0.378 e. The molecule has 3 aliphatic carbocycles. The number of fused-ring (bicyclic) bond motifs is 1. The number of carbonyl (C=O) groups is 11. The summed E-state index contributed by atoms with van der Waals surface area (Å²) in [7, 11) is 10.2. The lowest BCUT2D eigenvalue weighted by Crippen LogP contribution is -2.65. The van der Waals surface area contributed by atoms with Crippen molar-refractivity contribution in [2.45, 2.75) is 248 Å². The van der Waals surface area contributed by atoms with Crippen LogP contribution in [0.1, 0.15) is 193 Å². The Morgan fingerprint density at radius 1 is 0.614 bits per heavy atom. The quantitative estimate of drug-likeness (QED) is 0.192. The van der Waals surface area contributed by atoms with Gasteiger partial charge in [-0.1, -0.05) is 110 Å². The fourth-order valence-electron chi connectivity index (χ4n) is 16.0. The Morgan fingerprint density at radius 2 is 1.21 bits per heavy atom. The largest absolute Gasteiger partial charge is 0.417 e. The number of likely N-dealkylation sites (N-methyl/N-ethyl adjacent to an activating group) is 7. The van der Waals surface area contributed by atoms with Gasteiger partial charge in [0.1, 0.15) is 48.0 Å². The minimum atomic E-state index is -4.76. The number of nitrogens with one attached hydrogen (secondary N) is 3. The first-order valence-corrected chi connectivity index (χ1v) is 37.3. The smallest absolute Gasteiger partial charge is 0.378 e. The third-order valence-corrected chi connectivity index (χ3v) is 22.4. The Labute approximate surface area is 600 Å². The Bertz CT molecular complexity index is 3080. The van der Waals surface area contributed by atoms with Crippen LogP contribution in [0.5, 0.6) is 0 Å². The highest BCUT2D eigenvalue weighted by atomic mass is 35.5. The molecule has 1 unspecified atom stereocenters. The number of hydrogen-bond acceptors (Lipinski definition) is 13. The second kappa shape index (κ2) is 36.7. The molecule has 3 saturated heterocycles. The Hall–Kier alpha value is -6.61. The van der Waals surface area contributed by atoms with E-state index in [4.69, 9.17) is 11.6 Å². The van der Waals surface area contributed by atoms with Gasteiger partial charge < -0.3 is 60.3 Å². The Morgan fingerprint density at radius 3 is 1.81 bits per heavy atom. The molecule has 3 aliphatic heterocycles. The summed E-state index contributed by atoms with van der Waals surface area (Å²) in [6.45, 7) is 6.77. The minimum absolute atomic E-state index is 0.0244. The molecule has 11 amide bonds. The lowest BCUT2D eigenvalue weighted by Gasteiger charge is -2.44. The number of rotatable bonds is 11. The highest BCUT2D eigenvalue weighted by molar-refractivity contribution is 6.31. The van der Waals surface area contributed by atoms with E-state index < -0.39 is 155 Å². The maximum Gasteiger partial charge on any atom is 0.417 e. The molecule has 1 aromatic rings. The van der Waals surface area contributed by atoms with Crippen LogP contribution in [0.15, 0.2) is 18.2 Å². The average molecular weight is 1440 g/mol. The van der Waals surface area contributed by atoms with Crippen molar-refractivity contribution in [3.05, 3.63) is 34.3 Å². The summed E-state index contributed by atoms with van der Waals surface area (Å²) in [5.74, 6) is -7.37.